The SMILES string of the molecule is COc1cc2c(cc1OC)C1=C[C@H](c3ccccc3)C3(C(C#N)=C(C#N)N1CC2)c1cc(Br)ccc1-c1ccc(Br)cc13. The predicted octanol–water partition coefficient (Wildman–Crippen LogP) is 8.49. The largest absolute Gasteiger partial charge is 0.493 e. The van der Waals surface area contributed by atoms with Crippen LogP contribution in [0, 0.1) is 22.7 Å². The number of halogens is 2. The molecule has 3 aliphatic rings. The van der Waals surface area contributed by atoms with Crippen molar-refractivity contribution in [2.75, 3.05) is 20.8 Å². The number of benzene rings is 4. The number of hydrogen-bond donors (Lipinski definition) is 0. The molecule has 0 radical (unpaired) electrons. The average molecular weight is 691 g/mol. The molecule has 0 saturated heterocycles. The van der Waals surface area contributed by atoms with E-state index in [2.05, 4.69) is 86.5 Å². The molecule has 1 aliphatic carbocycles. The standard InChI is InChI=1S/C36H25Br2N3O2/c1-42-34-14-22-12-13-41-32(27(22)17-35(34)43-2)18-28(21-6-4-3-5-7-21)36(31(19-39)33(41)20-40)29-15-23(37)8-10-25(29)26-11-9-24(38)16-30(26)36/h3-11,14-18,28H,12-13H2,1-2H3/t28-/m1/s1. The Kier molecular flexibility index (Phi) is 6.69. The van der Waals surface area contributed by atoms with Crippen LogP contribution in [0.4, 0.5) is 0 Å². The molecule has 0 fully saturated rings. The molecule has 1 atom stereocenters. The fraction of sp³-hybridized carbons (Fsp3) is 0.167. The molecular weight excluding hydrogens is 666 g/mol. The van der Waals surface area contributed by atoms with Crippen LogP contribution in [0.5, 0.6) is 11.5 Å². The maximum Gasteiger partial charge on any atom is 0.161 e. The van der Waals surface area contributed by atoms with Gasteiger partial charge in [-0.05, 0) is 76.2 Å². The van der Waals surface area contributed by atoms with E-state index in [9.17, 15) is 10.5 Å². The summed E-state index contributed by atoms with van der Waals surface area (Å²) in [6.07, 6.45) is 2.95. The molecule has 43 heavy (non-hydrogen) atoms. The van der Waals surface area contributed by atoms with Gasteiger partial charge in [0.05, 0.1) is 31.3 Å². The third-order valence-electron chi connectivity index (χ3n) is 8.95. The molecule has 2 aliphatic heterocycles. The van der Waals surface area contributed by atoms with Crippen LogP contribution in [0.1, 0.15) is 33.7 Å². The number of nitrogens with zero attached hydrogens (tertiary/aromatic N) is 3. The lowest BCUT2D eigenvalue weighted by atomic mass is 9.61. The van der Waals surface area contributed by atoms with Crippen molar-refractivity contribution in [2.24, 2.45) is 0 Å². The molecule has 4 aromatic carbocycles. The van der Waals surface area contributed by atoms with E-state index in [1.54, 1.807) is 14.2 Å². The lowest BCUT2D eigenvalue weighted by Gasteiger charge is -2.38. The lowest BCUT2D eigenvalue weighted by Crippen LogP contribution is -2.35. The second kappa shape index (κ2) is 10.5. The Morgan fingerprint density at radius 1 is 0.791 bits per heavy atom. The molecule has 7 rings (SSSR count). The lowest BCUT2D eigenvalue weighted by molar-refractivity contribution is 0.353. The highest BCUT2D eigenvalue weighted by Gasteiger charge is 2.55. The first kappa shape index (κ1) is 27.5. The van der Waals surface area contributed by atoms with Crippen LogP contribution >= 0.6 is 31.9 Å². The molecule has 0 N–H and O–H groups in total. The van der Waals surface area contributed by atoms with Crippen LogP contribution in [0.2, 0.25) is 0 Å². The van der Waals surface area contributed by atoms with Crippen molar-refractivity contribution in [1.29, 1.82) is 10.5 Å². The Morgan fingerprint density at radius 3 is 2.00 bits per heavy atom. The van der Waals surface area contributed by atoms with Gasteiger partial charge in [0.2, 0.25) is 0 Å². The van der Waals surface area contributed by atoms with Gasteiger partial charge in [-0.25, -0.2) is 0 Å². The second-order valence-electron chi connectivity index (χ2n) is 10.8. The van der Waals surface area contributed by atoms with Crippen LogP contribution < -0.4 is 9.47 Å². The molecule has 1 spiro atoms. The quantitative estimate of drug-likeness (QED) is 0.216. The Labute approximate surface area is 267 Å². The van der Waals surface area contributed by atoms with Crippen molar-refractivity contribution >= 4 is 37.6 Å². The Morgan fingerprint density at radius 2 is 1.42 bits per heavy atom. The number of methoxy groups -OCH3 is 2. The van der Waals surface area contributed by atoms with Crippen LogP contribution in [0.15, 0.2) is 105 Å². The first-order valence-corrected chi connectivity index (χ1v) is 15.5. The van der Waals surface area contributed by atoms with Gasteiger partial charge in [0.25, 0.3) is 0 Å². The van der Waals surface area contributed by atoms with Gasteiger partial charge < -0.3 is 14.4 Å². The molecule has 0 aromatic heterocycles. The molecule has 7 heteroatoms. The van der Waals surface area contributed by atoms with Crippen molar-refractivity contribution < 1.29 is 9.47 Å². The van der Waals surface area contributed by atoms with Crippen LogP contribution in [-0.2, 0) is 11.8 Å². The van der Waals surface area contributed by atoms with E-state index < -0.39 is 5.41 Å². The molecule has 0 unspecified atom stereocenters. The zero-order valence-electron chi connectivity index (χ0n) is 23.5. The zero-order valence-corrected chi connectivity index (χ0v) is 26.7. The average Bonchev–Trinajstić information content (AvgIpc) is 3.22. The Bertz CT molecular complexity index is 1920. The third-order valence-corrected chi connectivity index (χ3v) is 9.94. The van der Waals surface area contributed by atoms with Gasteiger partial charge in [0.1, 0.15) is 11.8 Å². The van der Waals surface area contributed by atoms with E-state index in [0.717, 1.165) is 53.6 Å². The van der Waals surface area contributed by atoms with E-state index in [1.165, 1.54) is 0 Å². The summed E-state index contributed by atoms with van der Waals surface area (Å²) in [4.78, 5) is 2.03. The van der Waals surface area contributed by atoms with E-state index in [4.69, 9.17) is 9.47 Å². The monoisotopic (exact) mass is 689 g/mol. The van der Waals surface area contributed by atoms with Crippen molar-refractivity contribution in [3.8, 4) is 34.8 Å². The van der Waals surface area contributed by atoms with Crippen molar-refractivity contribution in [2.45, 2.75) is 17.8 Å². The van der Waals surface area contributed by atoms with Gasteiger partial charge in [-0.2, -0.15) is 10.5 Å². The van der Waals surface area contributed by atoms with Crippen molar-refractivity contribution in [1.82, 2.24) is 4.90 Å². The summed E-state index contributed by atoms with van der Waals surface area (Å²) in [6.45, 7) is 0.552. The highest BCUT2D eigenvalue weighted by Crippen LogP contribution is 2.62. The number of rotatable bonds is 3. The third kappa shape index (κ3) is 3.92. The van der Waals surface area contributed by atoms with Gasteiger partial charge in [0.15, 0.2) is 11.5 Å². The van der Waals surface area contributed by atoms with Gasteiger partial charge in [-0.1, -0.05) is 80.4 Å². The van der Waals surface area contributed by atoms with Gasteiger partial charge in [0, 0.05) is 32.7 Å². The molecule has 4 aromatic rings. The number of allylic oxidation sites excluding steroid dienone is 3. The molecule has 0 bridgehead atoms. The number of hydrogen-bond acceptors (Lipinski definition) is 5. The van der Waals surface area contributed by atoms with Gasteiger partial charge in [-0.3, -0.25) is 0 Å². The zero-order chi connectivity index (χ0) is 29.9. The molecule has 0 saturated carbocycles. The highest BCUT2D eigenvalue weighted by atomic mass is 79.9. The predicted molar refractivity (Wildman–Crippen MR) is 173 cm³/mol. The minimum Gasteiger partial charge on any atom is -0.493 e. The van der Waals surface area contributed by atoms with Crippen molar-refractivity contribution in [3.63, 3.8) is 0 Å². The summed E-state index contributed by atoms with van der Waals surface area (Å²) in [7, 11) is 3.27. The summed E-state index contributed by atoms with van der Waals surface area (Å²) in [5.41, 5.74) is 7.95. The maximum absolute atomic E-state index is 11.2. The minimum absolute atomic E-state index is 0.325. The summed E-state index contributed by atoms with van der Waals surface area (Å²) in [5.74, 6) is 0.961. The first-order chi connectivity index (χ1) is 21.0. The summed E-state index contributed by atoms with van der Waals surface area (Å²) in [6, 6.07) is 32.0. The normalized spacial score (nSPS) is 17.5. The summed E-state index contributed by atoms with van der Waals surface area (Å²) in [5, 5.41) is 22.1. The van der Waals surface area contributed by atoms with E-state index in [-0.39, 0.29) is 5.92 Å². The minimum atomic E-state index is -0.972. The fourth-order valence-corrected chi connectivity index (χ4v) is 7.93. The smallest absolute Gasteiger partial charge is 0.161 e. The number of nitriles is 2. The maximum atomic E-state index is 11.2. The molecule has 2 heterocycles. The van der Waals surface area contributed by atoms with Crippen LogP contribution in [0.25, 0.3) is 16.8 Å². The summed E-state index contributed by atoms with van der Waals surface area (Å²) >= 11 is 7.46. The van der Waals surface area contributed by atoms with Gasteiger partial charge >= 0.3 is 0 Å². The molecule has 0 amide bonds. The Hall–Kier alpha value is -4.30. The van der Waals surface area contributed by atoms with Crippen LogP contribution in [-0.4, -0.2) is 25.7 Å². The van der Waals surface area contributed by atoms with Crippen LogP contribution in [0.3, 0.4) is 0 Å². The number of fused-ring (bicyclic) bond motifs is 8. The number of ether oxygens (including phenoxy) is 2. The molecular formula is C36H25Br2N3O2. The Balaban J connectivity index is 1.67. The highest BCUT2D eigenvalue weighted by molar-refractivity contribution is 9.10. The fourth-order valence-electron chi connectivity index (χ4n) is 7.21. The van der Waals surface area contributed by atoms with Crippen molar-refractivity contribution in [3.05, 3.63) is 133 Å². The summed E-state index contributed by atoms with van der Waals surface area (Å²) < 4.78 is 13.2. The topological polar surface area (TPSA) is 69.3 Å². The second-order valence-corrected chi connectivity index (χ2v) is 12.7. The van der Waals surface area contributed by atoms with E-state index in [1.807, 2.05) is 47.4 Å². The molecule has 210 valence electrons. The van der Waals surface area contributed by atoms with E-state index >= 15 is 0 Å². The molecule has 5 nitrogen and oxygen atoms in total. The van der Waals surface area contributed by atoms with E-state index in [0.29, 0.717) is 35.7 Å². The first-order valence-electron chi connectivity index (χ1n) is 13.9. The van der Waals surface area contributed by atoms with Gasteiger partial charge in [-0.15, -0.1) is 0 Å².